The molecule has 0 aromatic heterocycles. The van der Waals surface area contributed by atoms with Crippen molar-refractivity contribution in [2.75, 3.05) is 0 Å². The van der Waals surface area contributed by atoms with Gasteiger partial charge in [0.15, 0.2) is 0 Å². The van der Waals surface area contributed by atoms with E-state index >= 15 is 0 Å². The van der Waals surface area contributed by atoms with Crippen molar-refractivity contribution in [1.29, 1.82) is 0 Å². The average Bonchev–Trinajstić information content (AvgIpc) is 2.52. The standard InChI is InChI=1S/C16H14Se4/c1-3-7-15(8-4-1)17-11-13-19-20-14-12-18-16-9-5-2-6-10-16/h1-14H/b13-11-,14-12-. The summed E-state index contributed by atoms with van der Waals surface area (Å²) in [5.74, 6) is 0. The summed E-state index contributed by atoms with van der Waals surface area (Å²) >= 11 is 2.37. The minimum atomic E-state index is 0.511. The van der Waals surface area contributed by atoms with Gasteiger partial charge in [0.25, 0.3) is 0 Å². The Balaban J connectivity index is 1.59. The summed E-state index contributed by atoms with van der Waals surface area (Å²) in [5, 5.41) is 0. The van der Waals surface area contributed by atoms with Crippen LogP contribution in [-0.4, -0.2) is 56.2 Å². The molecular weight excluding hydrogens is 508 g/mol. The van der Waals surface area contributed by atoms with Crippen molar-refractivity contribution >= 4 is 65.1 Å². The zero-order valence-corrected chi connectivity index (χ0v) is 17.6. The number of benzene rings is 2. The normalized spacial score (nSPS) is 11.4. The second kappa shape index (κ2) is 10.7. The van der Waals surface area contributed by atoms with Gasteiger partial charge in [-0.1, -0.05) is 0 Å². The molecule has 2 aromatic carbocycles. The van der Waals surface area contributed by atoms with Crippen LogP contribution in [0.4, 0.5) is 0 Å². The van der Waals surface area contributed by atoms with Crippen LogP contribution in [0.3, 0.4) is 0 Å². The maximum atomic E-state index is 2.40. The third-order valence-electron chi connectivity index (χ3n) is 2.17. The predicted octanol–water partition coefficient (Wildman–Crippen LogP) is 1.31. The third kappa shape index (κ3) is 7.13. The van der Waals surface area contributed by atoms with E-state index in [9.17, 15) is 0 Å². The van der Waals surface area contributed by atoms with E-state index < -0.39 is 0 Å². The van der Waals surface area contributed by atoms with E-state index in [0.717, 1.165) is 0 Å². The van der Waals surface area contributed by atoms with Gasteiger partial charge in [-0.05, 0) is 0 Å². The second-order valence-electron chi connectivity index (χ2n) is 3.60. The van der Waals surface area contributed by atoms with Gasteiger partial charge in [-0.3, -0.25) is 0 Å². The zero-order valence-electron chi connectivity index (χ0n) is 10.7. The van der Waals surface area contributed by atoms with Gasteiger partial charge in [0.1, 0.15) is 0 Å². The quantitative estimate of drug-likeness (QED) is 0.381. The van der Waals surface area contributed by atoms with Gasteiger partial charge in [0, 0.05) is 0 Å². The molecule has 0 unspecified atom stereocenters. The van der Waals surface area contributed by atoms with E-state index in [1.807, 2.05) is 0 Å². The fraction of sp³-hybridized carbons (Fsp3) is 0. The molecule has 0 saturated carbocycles. The first-order valence-corrected chi connectivity index (χ1v) is 16.0. The van der Waals surface area contributed by atoms with Crippen LogP contribution in [-0.2, 0) is 0 Å². The summed E-state index contributed by atoms with van der Waals surface area (Å²) in [4.78, 5) is 9.56. The molecule has 0 saturated heterocycles. The summed E-state index contributed by atoms with van der Waals surface area (Å²) in [6, 6.07) is 21.5. The first-order valence-electron chi connectivity index (χ1n) is 6.01. The Morgan fingerprint density at radius 1 is 0.500 bits per heavy atom. The molecule has 0 aliphatic rings. The van der Waals surface area contributed by atoms with E-state index in [1.54, 1.807) is 0 Å². The molecule has 2 rings (SSSR count). The topological polar surface area (TPSA) is 0 Å². The van der Waals surface area contributed by atoms with Crippen LogP contribution in [0.25, 0.3) is 0 Å². The van der Waals surface area contributed by atoms with E-state index in [1.165, 1.54) is 8.92 Å². The Labute approximate surface area is 144 Å². The van der Waals surface area contributed by atoms with Crippen LogP contribution >= 0.6 is 0 Å². The van der Waals surface area contributed by atoms with Gasteiger partial charge in [0.05, 0.1) is 0 Å². The van der Waals surface area contributed by atoms with Crippen molar-refractivity contribution < 1.29 is 0 Å². The van der Waals surface area contributed by atoms with E-state index in [-0.39, 0.29) is 0 Å². The van der Waals surface area contributed by atoms with E-state index in [0.29, 0.717) is 56.2 Å². The Bertz CT molecular complexity index is 483. The average molecular weight is 522 g/mol. The Kier molecular flexibility index (Phi) is 8.75. The van der Waals surface area contributed by atoms with Crippen LogP contribution in [0, 0.1) is 0 Å². The van der Waals surface area contributed by atoms with Crippen molar-refractivity contribution in [3.05, 3.63) is 80.6 Å². The molecule has 0 atom stereocenters. The first-order chi connectivity index (χ1) is 9.95. The molecule has 0 N–H and O–H groups in total. The van der Waals surface area contributed by atoms with Gasteiger partial charge in [-0.15, -0.1) is 0 Å². The minimum absolute atomic E-state index is 0.511. The molecule has 102 valence electrons. The fourth-order valence-corrected chi connectivity index (χ4v) is 12.7. The molecular formula is C16H14Se4. The SMILES string of the molecule is C(=C/[Se]c1ccccc1)/[Se][Se]/C=C\[Se]c1ccccc1. The second-order valence-corrected chi connectivity index (χ2v) is 13.9. The molecule has 20 heavy (non-hydrogen) atoms. The Hall–Kier alpha value is -0.00208. The molecule has 0 bridgehead atoms. The van der Waals surface area contributed by atoms with Crippen molar-refractivity contribution in [1.82, 2.24) is 0 Å². The number of rotatable bonds is 7. The molecule has 0 heterocycles. The predicted molar refractivity (Wildman–Crippen MR) is 93.4 cm³/mol. The summed E-state index contributed by atoms with van der Waals surface area (Å²) < 4.78 is 2.92. The van der Waals surface area contributed by atoms with Crippen molar-refractivity contribution in [3.8, 4) is 0 Å². The third-order valence-corrected chi connectivity index (χ3v) is 12.2. The Morgan fingerprint density at radius 3 is 1.30 bits per heavy atom. The number of hydrogen-bond donors (Lipinski definition) is 0. The van der Waals surface area contributed by atoms with Gasteiger partial charge < -0.3 is 0 Å². The maximum absolute atomic E-state index is 2.40. The van der Waals surface area contributed by atoms with Gasteiger partial charge in [-0.2, -0.15) is 0 Å². The van der Waals surface area contributed by atoms with Gasteiger partial charge in [0.2, 0.25) is 0 Å². The van der Waals surface area contributed by atoms with Crippen LogP contribution in [0.1, 0.15) is 0 Å². The van der Waals surface area contributed by atoms with E-state index in [2.05, 4.69) is 80.6 Å². The van der Waals surface area contributed by atoms with Crippen LogP contribution in [0.2, 0.25) is 0 Å². The molecule has 0 amide bonds. The molecule has 2 aromatic rings. The summed E-state index contributed by atoms with van der Waals surface area (Å²) in [5.41, 5.74) is 0. The van der Waals surface area contributed by atoms with Crippen LogP contribution < -0.4 is 8.92 Å². The van der Waals surface area contributed by atoms with E-state index in [4.69, 9.17) is 0 Å². The van der Waals surface area contributed by atoms with Crippen LogP contribution in [0.15, 0.2) is 80.6 Å². The van der Waals surface area contributed by atoms with Crippen LogP contribution in [0.5, 0.6) is 0 Å². The zero-order chi connectivity index (χ0) is 13.9. The Morgan fingerprint density at radius 2 is 0.900 bits per heavy atom. The van der Waals surface area contributed by atoms with Gasteiger partial charge in [-0.25, -0.2) is 0 Å². The van der Waals surface area contributed by atoms with Crippen molar-refractivity contribution in [3.63, 3.8) is 0 Å². The van der Waals surface area contributed by atoms with Gasteiger partial charge >= 0.3 is 146 Å². The first kappa shape index (κ1) is 16.4. The summed E-state index contributed by atoms with van der Waals surface area (Å²) in [6.45, 7) is 0. The van der Waals surface area contributed by atoms with Crippen molar-refractivity contribution in [2.45, 2.75) is 0 Å². The summed E-state index contributed by atoms with van der Waals surface area (Å²) in [6.07, 6.45) is 0. The molecule has 0 spiro atoms. The molecule has 4 heteroatoms. The molecule has 0 fully saturated rings. The summed E-state index contributed by atoms with van der Waals surface area (Å²) in [7, 11) is 0. The number of hydrogen-bond acceptors (Lipinski definition) is 0. The molecule has 0 aliphatic carbocycles. The monoisotopic (exact) mass is 526 g/mol. The molecule has 0 radical (unpaired) electrons. The molecule has 0 aliphatic heterocycles. The molecule has 0 nitrogen and oxygen atoms in total. The fourth-order valence-electron chi connectivity index (χ4n) is 1.32. The van der Waals surface area contributed by atoms with Crippen molar-refractivity contribution in [2.24, 2.45) is 0 Å².